The number of hydrogen-bond donors (Lipinski definition) is 0. The van der Waals surface area contributed by atoms with E-state index in [4.69, 9.17) is 21.3 Å². The van der Waals surface area contributed by atoms with Crippen molar-refractivity contribution >= 4 is 22.6 Å². The van der Waals surface area contributed by atoms with Gasteiger partial charge in [0.15, 0.2) is 0 Å². The van der Waals surface area contributed by atoms with Gasteiger partial charge in [-0.1, -0.05) is 25.0 Å². The number of benzene rings is 1. The van der Waals surface area contributed by atoms with Gasteiger partial charge in [-0.2, -0.15) is 0 Å². The smallest absolute Gasteiger partial charge is 0.127 e. The highest BCUT2D eigenvalue weighted by Crippen LogP contribution is 2.27. The minimum absolute atomic E-state index is 0.0942. The molecule has 3 nitrogen and oxygen atoms in total. The lowest BCUT2D eigenvalue weighted by atomic mass is 10.2. The van der Waals surface area contributed by atoms with Crippen LogP contribution in [0.3, 0.4) is 0 Å². The zero-order valence-electron chi connectivity index (χ0n) is 12.8. The van der Waals surface area contributed by atoms with Gasteiger partial charge in [-0.3, -0.25) is 0 Å². The topological polar surface area (TPSA) is 27.1 Å². The Labute approximate surface area is 131 Å². The molecule has 1 atom stereocenters. The second kappa shape index (κ2) is 6.37. The van der Waals surface area contributed by atoms with Gasteiger partial charge < -0.3 is 9.30 Å². The molecule has 1 unspecified atom stereocenters. The number of para-hydroxylation sites is 1. The van der Waals surface area contributed by atoms with E-state index in [1.54, 1.807) is 0 Å². The average molecular weight is 307 g/mol. The number of alkyl halides is 1. The van der Waals surface area contributed by atoms with Gasteiger partial charge in [0.1, 0.15) is 5.82 Å². The van der Waals surface area contributed by atoms with E-state index in [0.29, 0.717) is 6.10 Å². The Morgan fingerprint density at radius 3 is 2.86 bits per heavy atom. The molecule has 1 heterocycles. The van der Waals surface area contributed by atoms with Crippen LogP contribution in [0.1, 0.15) is 49.4 Å². The van der Waals surface area contributed by atoms with Crippen molar-refractivity contribution in [1.82, 2.24) is 9.55 Å². The highest BCUT2D eigenvalue weighted by Gasteiger charge is 2.18. The Balaban J connectivity index is 1.82. The van der Waals surface area contributed by atoms with Crippen LogP contribution in [0.15, 0.2) is 18.2 Å². The molecule has 1 aliphatic carbocycles. The van der Waals surface area contributed by atoms with Crippen LogP contribution in [0.4, 0.5) is 0 Å². The minimum Gasteiger partial charge on any atom is -0.376 e. The first kappa shape index (κ1) is 14.9. The number of fused-ring (bicyclic) bond motifs is 1. The van der Waals surface area contributed by atoms with Crippen molar-refractivity contribution in [3.05, 3.63) is 29.6 Å². The Bertz CT molecular complexity index is 615. The number of hydrogen-bond acceptors (Lipinski definition) is 2. The van der Waals surface area contributed by atoms with Gasteiger partial charge in [0, 0.05) is 6.54 Å². The van der Waals surface area contributed by atoms with Crippen molar-refractivity contribution in [1.29, 1.82) is 0 Å². The summed E-state index contributed by atoms with van der Waals surface area (Å²) >= 11 is 6.31. The molecule has 1 aliphatic rings. The molecule has 1 aromatic heterocycles. The number of aryl methyl sites for hydroxylation is 1. The summed E-state index contributed by atoms with van der Waals surface area (Å²) in [7, 11) is 0. The van der Waals surface area contributed by atoms with Crippen molar-refractivity contribution in [3.8, 4) is 0 Å². The van der Waals surface area contributed by atoms with Gasteiger partial charge in [0.05, 0.1) is 29.1 Å². The fraction of sp³-hybridized carbons (Fsp3) is 0.588. The molecule has 1 fully saturated rings. The van der Waals surface area contributed by atoms with E-state index < -0.39 is 0 Å². The number of ether oxygens (including phenoxy) is 1. The van der Waals surface area contributed by atoms with Crippen LogP contribution in [0, 0.1) is 6.92 Å². The lowest BCUT2D eigenvalue weighted by Crippen LogP contribution is -2.15. The average Bonchev–Trinajstić information content (AvgIpc) is 3.07. The zero-order valence-corrected chi connectivity index (χ0v) is 13.6. The summed E-state index contributed by atoms with van der Waals surface area (Å²) < 4.78 is 8.24. The van der Waals surface area contributed by atoms with Crippen LogP contribution in [0.5, 0.6) is 0 Å². The molecule has 1 aromatic carbocycles. The Kier molecular flexibility index (Phi) is 4.51. The summed E-state index contributed by atoms with van der Waals surface area (Å²) in [5, 5.41) is -0.0942. The minimum atomic E-state index is -0.0942. The lowest BCUT2D eigenvalue weighted by molar-refractivity contribution is 0.0531. The quantitative estimate of drug-likeness (QED) is 0.755. The van der Waals surface area contributed by atoms with Crippen molar-refractivity contribution in [2.75, 3.05) is 6.61 Å². The summed E-state index contributed by atoms with van der Waals surface area (Å²) in [5.41, 5.74) is 3.46. The van der Waals surface area contributed by atoms with Gasteiger partial charge in [0.25, 0.3) is 0 Å². The molecule has 0 N–H and O–H groups in total. The van der Waals surface area contributed by atoms with E-state index in [0.717, 1.165) is 24.5 Å². The predicted octanol–water partition coefficient (Wildman–Crippen LogP) is 4.60. The predicted molar refractivity (Wildman–Crippen MR) is 86.9 cm³/mol. The van der Waals surface area contributed by atoms with Crippen molar-refractivity contribution in [3.63, 3.8) is 0 Å². The van der Waals surface area contributed by atoms with Crippen LogP contribution in [-0.2, 0) is 11.3 Å². The number of halogens is 1. The van der Waals surface area contributed by atoms with Gasteiger partial charge in [-0.25, -0.2) is 4.98 Å². The molecule has 0 amide bonds. The zero-order chi connectivity index (χ0) is 14.8. The summed E-state index contributed by atoms with van der Waals surface area (Å²) in [4.78, 5) is 4.70. The third-order valence-corrected chi connectivity index (χ3v) is 4.52. The molecule has 0 saturated heterocycles. The SMILES string of the molecule is Cc1cccc2nc(C(C)Cl)n(CCOC3CCCC3)c12. The van der Waals surface area contributed by atoms with Crippen LogP contribution < -0.4 is 0 Å². The van der Waals surface area contributed by atoms with E-state index in [2.05, 4.69) is 23.6 Å². The molecular weight excluding hydrogens is 284 g/mol. The molecule has 21 heavy (non-hydrogen) atoms. The van der Waals surface area contributed by atoms with Gasteiger partial charge in [-0.05, 0) is 38.3 Å². The summed E-state index contributed by atoms with van der Waals surface area (Å²) in [6, 6.07) is 6.23. The number of imidazole rings is 1. The van der Waals surface area contributed by atoms with Crippen LogP contribution in [0.25, 0.3) is 11.0 Å². The molecule has 0 spiro atoms. The third kappa shape index (κ3) is 3.09. The third-order valence-electron chi connectivity index (χ3n) is 4.32. The van der Waals surface area contributed by atoms with Crippen molar-refractivity contribution in [2.24, 2.45) is 0 Å². The van der Waals surface area contributed by atoms with Gasteiger partial charge in [-0.15, -0.1) is 11.6 Å². The van der Waals surface area contributed by atoms with E-state index in [1.807, 2.05) is 13.0 Å². The fourth-order valence-electron chi connectivity index (χ4n) is 3.28. The standard InChI is InChI=1S/C17H23ClN2O/c1-12-6-5-9-15-16(12)20(17(19-15)13(2)18)10-11-21-14-7-3-4-8-14/h5-6,9,13-14H,3-4,7-8,10-11H2,1-2H3. The highest BCUT2D eigenvalue weighted by molar-refractivity contribution is 6.20. The summed E-state index contributed by atoms with van der Waals surface area (Å²) in [6.07, 6.45) is 5.49. The first-order valence-corrected chi connectivity index (χ1v) is 8.32. The van der Waals surface area contributed by atoms with Crippen molar-refractivity contribution in [2.45, 2.75) is 57.6 Å². The second-order valence-electron chi connectivity index (χ2n) is 5.96. The number of rotatable bonds is 5. The maximum atomic E-state index is 6.31. The second-order valence-corrected chi connectivity index (χ2v) is 6.61. The van der Waals surface area contributed by atoms with E-state index >= 15 is 0 Å². The lowest BCUT2D eigenvalue weighted by Gasteiger charge is -2.15. The van der Waals surface area contributed by atoms with E-state index in [9.17, 15) is 0 Å². The largest absolute Gasteiger partial charge is 0.376 e. The molecule has 2 aromatic rings. The number of nitrogens with zero attached hydrogens (tertiary/aromatic N) is 2. The van der Waals surface area contributed by atoms with Crippen LogP contribution in [-0.4, -0.2) is 22.3 Å². The monoisotopic (exact) mass is 306 g/mol. The molecule has 1 saturated carbocycles. The molecule has 0 aliphatic heterocycles. The van der Waals surface area contributed by atoms with E-state index in [1.165, 1.54) is 36.8 Å². The maximum Gasteiger partial charge on any atom is 0.127 e. The van der Waals surface area contributed by atoms with E-state index in [-0.39, 0.29) is 5.38 Å². The van der Waals surface area contributed by atoms with Crippen LogP contribution >= 0.6 is 11.6 Å². The summed E-state index contributed by atoms with van der Waals surface area (Å²) in [6.45, 7) is 5.67. The van der Waals surface area contributed by atoms with Crippen molar-refractivity contribution < 1.29 is 4.74 Å². The molecular formula is C17H23ClN2O. The first-order chi connectivity index (χ1) is 10.2. The highest BCUT2D eigenvalue weighted by atomic mass is 35.5. The summed E-state index contributed by atoms with van der Waals surface area (Å²) in [5.74, 6) is 0.941. The fourth-order valence-corrected chi connectivity index (χ4v) is 3.45. The Morgan fingerprint density at radius 2 is 2.14 bits per heavy atom. The van der Waals surface area contributed by atoms with Gasteiger partial charge in [0.2, 0.25) is 0 Å². The van der Waals surface area contributed by atoms with Gasteiger partial charge >= 0.3 is 0 Å². The first-order valence-electron chi connectivity index (χ1n) is 7.88. The molecule has 114 valence electrons. The molecule has 0 radical (unpaired) electrons. The molecule has 0 bridgehead atoms. The molecule has 3 rings (SSSR count). The molecule has 4 heteroatoms. The maximum absolute atomic E-state index is 6.31. The Morgan fingerprint density at radius 1 is 1.38 bits per heavy atom. The normalized spacial score (nSPS) is 17.7. The number of aromatic nitrogens is 2. The Hall–Kier alpha value is -1.06. The van der Waals surface area contributed by atoms with Crippen LogP contribution in [0.2, 0.25) is 0 Å².